The normalized spacial score (nSPS) is 22.1. The molecule has 9 heterocycles. The second-order valence-corrected chi connectivity index (χ2v) is 19.2. The summed E-state index contributed by atoms with van der Waals surface area (Å²) in [5, 5.41) is 26.6. The Morgan fingerprint density at radius 3 is 2.46 bits per heavy atom. The third-order valence-electron chi connectivity index (χ3n) is 15.5. The number of nitrogens with one attached hydrogen (secondary N) is 2. The molecular formula is C50H48F2N14O4. The van der Waals surface area contributed by atoms with E-state index in [-0.39, 0.29) is 34.6 Å². The molecule has 2 N–H and O–H groups in total. The van der Waals surface area contributed by atoms with Crippen LogP contribution in [0.4, 0.5) is 8.78 Å². The summed E-state index contributed by atoms with van der Waals surface area (Å²) in [5.41, 5.74) is 7.51. The minimum atomic E-state index is -0.814. The van der Waals surface area contributed by atoms with Gasteiger partial charge in [0.25, 0.3) is 5.91 Å². The lowest BCUT2D eigenvalue weighted by Gasteiger charge is -2.35. The van der Waals surface area contributed by atoms with Gasteiger partial charge in [0.1, 0.15) is 35.0 Å². The van der Waals surface area contributed by atoms with Crippen molar-refractivity contribution in [2.75, 3.05) is 32.8 Å². The van der Waals surface area contributed by atoms with Crippen LogP contribution < -0.4 is 11.2 Å². The Balaban J connectivity index is 0.952. The fraction of sp³-hybridized carbons (Fsp3) is 0.340. The fourth-order valence-electron chi connectivity index (χ4n) is 12.1. The van der Waals surface area contributed by atoms with Crippen molar-refractivity contribution in [1.29, 1.82) is 0 Å². The van der Waals surface area contributed by atoms with Crippen LogP contribution >= 0.6 is 0 Å². The van der Waals surface area contributed by atoms with Gasteiger partial charge in [-0.2, -0.15) is 15.4 Å². The number of aromatic nitrogens is 11. The molecule has 0 radical (unpaired) electrons. The van der Waals surface area contributed by atoms with Crippen LogP contribution in [0.1, 0.15) is 76.0 Å². The lowest BCUT2D eigenvalue weighted by Crippen LogP contribution is -2.43. The number of likely N-dealkylation sites (tertiary alicyclic amines) is 1. The summed E-state index contributed by atoms with van der Waals surface area (Å²) in [7, 11) is 1.73. The number of imidazole rings is 1. The highest BCUT2D eigenvalue weighted by atomic mass is 19.1. The topological polar surface area (TPSA) is 176 Å². The van der Waals surface area contributed by atoms with E-state index in [1.165, 1.54) is 27.1 Å². The molecule has 13 rings (SSSR count). The Morgan fingerprint density at radius 1 is 0.943 bits per heavy atom. The molecule has 5 aliphatic rings. The summed E-state index contributed by atoms with van der Waals surface area (Å²) in [4.78, 5) is 40.2. The first-order chi connectivity index (χ1) is 34.0. The number of nitrogens with zero attached hydrogens (tertiary/aromatic N) is 12. The highest BCUT2D eigenvalue weighted by Crippen LogP contribution is 2.65. The number of tetrazole rings is 1. The van der Waals surface area contributed by atoms with Crippen molar-refractivity contribution in [2.45, 2.75) is 57.5 Å². The Kier molecular flexibility index (Phi) is 9.40. The lowest BCUT2D eigenvalue weighted by molar-refractivity contribution is 0.0661. The van der Waals surface area contributed by atoms with Gasteiger partial charge in [0.15, 0.2) is 5.82 Å². The van der Waals surface area contributed by atoms with E-state index in [1.807, 2.05) is 30.0 Å². The monoisotopic (exact) mass is 946 g/mol. The maximum Gasteiger partial charge on any atom is 0.338 e. The summed E-state index contributed by atoms with van der Waals surface area (Å²) < 4.78 is 45.3. The number of fused-ring (bicyclic) bond motifs is 4. The number of hydroxylamine groups is 1. The highest BCUT2D eigenvalue weighted by Gasteiger charge is 2.74. The number of carbonyl (C=O) groups excluding carboxylic acids is 1. The van der Waals surface area contributed by atoms with Crippen LogP contribution in [-0.2, 0) is 28.6 Å². The second kappa shape index (κ2) is 15.6. The van der Waals surface area contributed by atoms with E-state index >= 15 is 13.6 Å². The zero-order chi connectivity index (χ0) is 47.7. The van der Waals surface area contributed by atoms with Gasteiger partial charge in [-0.1, -0.05) is 11.3 Å². The van der Waals surface area contributed by atoms with E-state index in [1.54, 1.807) is 67.0 Å². The van der Waals surface area contributed by atoms with Gasteiger partial charge in [0, 0.05) is 87.0 Å². The molecule has 4 atom stereocenters. The molecule has 3 fully saturated rings. The Bertz CT molecular complexity index is 3540. The molecule has 20 heteroatoms. The molecule has 1 aliphatic carbocycles. The molecule has 0 bridgehead atoms. The zero-order valence-electron chi connectivity index (χ0n) is 38.8. The standard InChI is InChI=1S/C50H48F2N14O4/c1-27-20-33(21-28(2)44(27)51)66-46(64-16-15-63(49(64)68)40-10-9-39-34(45(40)52)24-53-60(39)4)43-29(3)62(14-11-37(43)56-66)47(67)41-23-32-22-31(30-12-18-69-19-13-30)7-8-38(32)65(41)50(48-54-58-59-55-48)35-25-61(26-36(35)50)42-6-5-17-70-57-42/h5-10,15-17,20-24,29-30,35-36,57H,11-14,18-19,25-26H2,1-4H3,(H,54,55,58,59)/t29-,35-,36+,50?/m0/s1. The molecular weight excluding hydrogens is 899 g/mol. The quantitative estimate of drug-likeness (QED) is 0.185. The maximum atomic E-state index is 16.2. The van der Waals surface area contributed by atoms with Gasteiger partial charge in [0.2, 0.25) is 5.82 Å². The Labute approximate surface area is 398 Å². The molecule has 1 unspecified atom stereocenters. The molecule has 1 saturated carbocycles. The number of ether oxygens (including phenoxy) is 1. The van der Waals surface area contributed by atoms with E-state index in [4.69, 9.17) is 14.7 Å². The molecule has 1 amide bonds. The molecule has 8 aromatic rings. The first kappa shape index (κ1) is 42.2. The van der Waals surface area contributed by atoms with Crippen LogP contribution in [0.15, 0.2) is 96.2 Å². The summed E-state index contributed by atoms with van der Waals surface area (Å²) >= 11 is 0. The number of rotatable bonds is 8. The van der Waals surface area contributed by atoms with E-state index < -0.39 is 23.1 Å². The third kappa shape index (κ3) is 6.07. The largest absolute Gasteiger partial charge is 0.389 e. The first-order valence-electron chi connectivity index (χ1n) is 23.6. The van der Waals surface area contributed by atoms with Gasteiger partial charge in [0.05, 0.1) is 40.2 Å². The molecule has 4 aliphatic heterocycles. The van der Waals surface area contributed by atoms with Crippen molar-refractivity contribution in [3.63, 3.8) is 0 Å². The van der Waals surface area contributed by atoms with Crippen molar-refractivity contribution >= 4 is 27.7 Å². The SMILES string of the molecule is Cc1cc(-n2nc3c(c2-n2ccn(-c4ccc5c(cnn5C)c4F)c2=O)[C@H](C)N(C(=O)c2cc4cc(C5CCOCC5)ccc4n2C2(c4nn[nH]n4)[C@@H]4CN(C5=CC=CON5)C[C@@H]42)CC3)cc(C)c1F. The van der Waals surface area contributed by atoms with E-state index in [2.05, 4.69) is 58.9 Å². The molecule has 2 saturated heterocycles. The number of allylic oxidation sites excluding steroid dienone is 2. The predicted molar refractivity (Wildman–Crippen MR) is 251 cm³/mol. The number of aryl methyl sites for hydroxylation is 3. The smallest absolute Gasteiger partial charge is 0.338 e. The van der Waals surface area contributed by atoms with Gasteiger partial charge >= 0.3 is 5.69 Å². The first-order valence-corrected chi connectivity index (χ1v) is 23.6. The van der Waals surface area contributed by atoms with Crippen molar-refractivity contribution in [3.8, 4) is 17.2 Å². The van der Waals surface area contributed by atoms with Crippen molar-refractivity contribution in [3.05, 3.63) is 153 Å². The fourth-order valence-corrected chi connectivity index (χ4v) is 12.1. The molecule has 356 valence electrons. The third-order valence-corrected chi connectivity index (χ3v) is 15.5. The van der Waals surface area contributed by atoms with Crippen molar-refractivity contribution in [2.24, 2.45) is 18.9 Å². The van der Waals surface area contributed by atoms with Gasteiger partial charge in [-0.05, 0) is 111 Å². The number of piperidine rings is 1. The Morgan fingerprint density at radius 2 is 1.71 bits per heavy atom. The minimum absolute atomic E-state index is 0.00785. The number of amides is 1. The van der Waals surface area contributed by atoms with Crippen LogP contribution in [0.3, 0.4) is 0 Å². The molecule has 18 nitrogen and oxygen atoms in total. The molecule has 0 spiro atoms. The lowest BCUT2D eigenvalue weighted by atomic mass is 9.91. The summed E-state index contributed by atoms with van der Waals surface area (Å²) in [5.74, 6) is 0.912. The number of hydrogen-bond acceptors (Lipinski definition) is 11. The number of halogens is 2. The van der Waals surface area contributed by atoms with E-state index in [0.717, 1.165) is 29.6 Å². The van der Waals surface area contributed by atoms with Gasteiger partial charge in [-0.15, -0.1) is 10.2 Å². The minimum Gasteiger partial charge on any atom is -0.389 e. The molecule has 5 aromatic heterocycles. The van der Waals surface area contributed by atoms with Gasteiger partial charge in [-0.3, -0.25) is 18.6 Å². The number of H-pyrrole nitrogens is 1. The zero-order valence-corrected chi connectivity index (χ0v) is 38.8. The maximum absolute atomic E-state index is 16.2. The number of carbonyl (C=O) groups is 1. The van der Waals surface area contributed by atoms with Crippen molar-refractivity contribution in [1.82, 2.24) is 69.2 Å². The van der Waals surface area contributed by atoms with Gasteiger partial charge < -0.3 is 23.9 Å². The number of benzene rings is 3. The van der Waals surface area contributed by atoms with E-state index in [0.29, 0.717) is 96.1 Å². The van der Waals surface area contributed by atoms with Crippen LogP contribution in [0.25, 0.3) is 39.0 Å². The molecule has 3 aromatic carbocycles. The van der Waals surface area contributed by atoms with E-state index in [9.17, 15) is 4.79 Å². The Hall–Kier alpha value is -7.87. The van der Waals surface area contributed by atoms with Crippen LogP contribution in [-0.4, -0.2) is 102 Å². The van der Waals surface area contributed by atoms with Crippen LogP contribution in [0, 0.1) is 37.3 Å². The summed E-state index contributed by atoms with van der Waals surface area (Å²) in [6, 6.07) is 14.6. The number of aromatic amines is 1. The summed E-state index contributed by atoms with van der Waals surface area (Å²) in [6.07, 6.45) is 12.1. The molecule has 70 heavy (non-hydrogen) atoms. The second-order valence-electron chi connectivity index (χ2n) is 19.2. The van der Waals surface area contributed by atoms with Crippen LogP contribution in [0.2, 0.25) is 0 Å². The average Bonchev–Trinajstić information content (AvgIpc) is 4.18. The van der Waals surface area contributed by atoms with Gasteiger partial charge in [-0.25, -0.2) is 23.7 Å². The highest BCUT2D eigenvalue weighted by molar-refractivity contribution is 6.00. The average molecular weight is 947 g/mol. The predicted octanol–water partition coefficient (Wildman–Crippen LogP) is 5.91. The van der Waals surface area contributed by atoms with Crippen LogP contribution in [0.5, 0.6) is 0 Å². The van der Waals surface area contributed by atoms with Crippen molar-refractivity contribution < 1.29 is 23.1 Å². The number of hydrogen-bond donors (Lipinski definition) is 2. The summed E-state index contributed by atoms with van der Waals surface area (Å²) in [6.45, 7) is 8.32.